The van der Waals surface area contributed by atoms with E-state index in [4.69, 9.17) is 4.74 Å². The summed E-state index contributed by atoms with van der Waals surface area (Å²) >= 11 is 0. The van der Waals surface area contributed by atoms with Gasteiger partial charge in [0.05, 0.1) is 18.9 Å². The van der Waals surface area contributed by atoms with Gasteiger partial charge < -0.3 is 10.1 Å². The highest BCUT2D eigenvalue weighted by Gasteiger charge is 2.26. The first-order valence-corrected chi connectivity index (χ1v) is 8.70. The van der Waals surface area contributed by atoms with Crippen molar-refractivity contribution in [3.63, 3.8) is 0 Å². The van der Waals surface area contributed by atoms with Crippen LogP contribution in [0.25, 0.3) is 0 Å². The Hall–Kier alpha value is -2.25. The van der Waals surface area contributed by atoms with Gasteiger partial charge in [0.15, 0.2) is 0 Å². The highest BCUT2D eigenvalue weighted by Crippen LogP contribution is 2.19. The summed E-state index contributed by atoms with van der Waals surface area (Å²) in [6.45, 7) is 5.88. The number of carbonyl (C=O) groups is 2. The molecule has 134 valence electrons. The number of morpholine rings is 1. The molecule has 1 N–H and O–H groups in total. The molecule has 0 bridgehead atoms. The van der Waals surface area contributed by atoms with E-state index in [-0.39, 0.29) is 17.9 Å². The minimum absolute atomic E-state index is 0.0931. The summed E-state index contributed by atoms with van der Waals surface area (Å²) in [5.74, 6) is -0.294. The fourth-order valence-electron chi connectivity index (χ4n) is 2.98. The van der Waals surface area contributed by atoms with Crippen LogP contribution in [0.4, 0.5) is 5.69 Å². The maximum absolute atomic E-state index is 12.4. The monoisotopic (exact) mass is 344 g/mol. The Morgan fingerprint density at radius 2 is 1.96 bits per heavy atom. The minimum Gasteiger partial charge on any atom is -0.379 e. The molecule has 2 aliphatic rings. The summed E-state index contributed by atoms with van der Waals surface area (Å²) in [5, 5.41) is 8.55. The summed E-state index contributed by atoms with van der Waals surface area (Å²) in [6, 6.07) is 9.42. The van der Waals surface area contributed by atoms with Crippen LogP contribution in [0.2, 0.25) is 0 Å². The number of anilines is 1. The van der Waals surface area contributed by atoms with Crippen molar-refractivity contribution in [1.29, 1.82) is 0 Å². The van der Waals surface area contributed by atoms with E-state index >= 15 is 0 Å². The third kappa shape index (κ3) is 4.43. The van der Waals surface area contributed by atoms with Crippen LogP contribution in [-0.2, 0) is 14.3 Å². The van der Waals surface area contributed by atoms with Crippen LogP contribution >= 0.6 is 0 Å². The van der Waals surface area contributed by atoms with Gasteiger partial charge in [0.2, 0.25) is 5.91 Å². The molecule has 1 unspecified atom stereocenters. The van der Waals surface area contributed by atoms with Crippen molar-refractivity contribution in [2.24, 2.45) is 5.10 Å². The van der Waals surface area contributed by atoms with E-state index in [2.05, 4.69) is 22.2 Å². The Bertz CT molecular complexity index is 641. The second-order valence-electron chi connectivity index (χ2n) is 6.30. The van der Waals surface area contributed by atoms with E-state index < -0.39 is 0 Å². The van der Waals surface area contributed by atoms with Gasteiger partial charge in [0.1, 0.15) is 5.71 Å². The van der Waals surface area contributed by atoms with Crippen LogP contribution in [-0.4, -0.2) is 61.3 Å². The predicted octanol–water partition coefficient (Wildman–Crippen LogP) is 1.01. The predicted molar refractivity (Wildman–Crippen MR) is 95.5 cm³/mol. The standard InChI is InChI=1S/C18H24N4O3/c1-14(21-9-11-25-12-10-21)13-19-18(24)16-7-8-17(23)22(20-16)15-5-3-2-4-6-15/h2-6,14H,7-13H2,1H3,(H,19,24). The van der Waals surface area contributed by atoms with E-state index in [1.165, 1.54) is 5.01 Å². The largest absolute Gasteiger partial charge is 0.379 e. The molecule has 0 aliphatic carbocycles. The van der Waals surface area contributed by atoms with Gasteiger partial charge in [-0.3, -0.25) is 14.5 Å². The molecule has 0 saturated carbocycles. The van der Waals surface area contributed by atoms with E-state index in [1.807, 2.05) is 30.3 Å². The fraction of sp³-hybridized carbons (Fsp3) is 0.500. The topological polar surface area (TPSA) is 74.2 Å². The summed E-state index contributed by atoms with van der Waals surface area (Å²) in [7, 11) is 0. The summed E-state index contributed by atoms with van der Waals surface area (Å²) in [4.78, 5) is 26.8. The third-order valence-corrected chi connectivity index (χ3v) is 4.52. The van der Waals surface area contributed by atoms with Gasteiger partial charge in [-0.15, -0.1) is 0 Å². The van der Waals surface area contributed by atoms with Crippen LogP contribution in [0.3, 0.4) is 0 Å². The molecule has 2 aliphatic heterocycles. The average molecular weight is 344 g/mol. The molecule has 1 fully saturated rings. The van der Waals surface area contributed by atoms with Crippen molar-refractivity contribution in [3.05, 3.63) is 30.3 Å². The van der Waals surface area contributed by atoms with Crippen molar-refractivity contribution < 1.29 is 14.3 Å². The van der Waals surface area contributed by atoms with E-state index in [1.54, 1.807) is 0 Å². The summed E-state index contributed by atoms with van der Waals surface area (Å²) in [5.41, 5.74) is 1.08. The number of amides is 2. The van der Waals surface area contributed by atoms with Crippen molar-refractivity contribution in [2.45, 2.75) is 25.8 Å². The van der Waals surface area contributed by atoms with E-state index in [9.17, 15) is 9.59 Å². The van der Waals surface area contributed by atoms with Crippen molar-refractivity contribution in [3.8, 4) is 0 Å². The van der Waals surface area contributed by atoms with Crippen LogP contribution in [0.1, 0.15) is 19.8 Å². The second kappa shape index (κ2) is 8.22. The molecule has 1 atom stereocenters. The van der Waals surface area contributed by atoms with Gasteiger partial charge in [-0.25, -0.2) is 5.01 Å². The first-order valence-electron chi connectivity index (χ1n) is 8.70. The molecule has 1 aromatic carbocycles. The number of hydrogen-bond donors (Lipinski definition) is 1. The summed E-state index contributed by atoms with van der Waals surface area (Å²) in [6.07, 6.45) is 0.667. The molecule has 7 heteroatoms. The number of hydrazone groups is 1. The lowest BCUT2D eigenvalue weighted by Gasteiger charge is -2.32. The molecule has 3 rings (SSSR count). The molecule has 0 aromatic heterocycles. The molecule has 25 heavy (non-hydrogen) atoms. The third-order valence-electron chi connectivity index (χ3n) is 4.52. The molecule has 1 aromatic rings. The Balaban J connectivity index is 1.60. The first kappa shape index (κ1) is 17.6. The number of benzene rings is 1. The fourth-order valence-corrected chi connectivity index (χ4v) is 2.98. The van der Waals surface area contributed by atoms with Crippen molar-refractivity contribution in [1.82, 2.24) is 10.2 Å². The number of para-hydroxylation sites is 1. The molecule has 7 nitrogen and oxygen atoms in total. The molecular weight excluding hydrogens is 320 g/mol. The minimum atomic E-state index is -0.200. The zero-order valence-corrected chi connectivity index (χ0v) is 14.5. The van der Waals surface area contributed by atoms with Gasteiger partial charge in [0, 0.05) is 38.5 Å². The number of rotatable bonds is 5. The Labute approximate surface area is 147 Å². The molecular formula is C18H24N4O3. The number of nitrogens with zero attached hydrogens (tertiary/aromatic N) is 3. The zero-order chi connectivity index (χ0) is 17.6. The maximum Gasteiger partial charge on any atom is 0.267 e. The van der Waals surface area contributed by atoms with Crippen LogP contribution in [0, 0.1) is 0 Å². The van der Waals surface area contributed by atoms with Gasteiger partial charge in [-0.05, 0) is 19.1 Å². The lowest BCUT2D eigenvalue weighted by molar-refractivity contribution is -0.119. The molecule has 2 heterocycles. The highest BCUT2D eigenvalue weighted by atomic mass is 16.5. The Morgan fingerprint density at radius 1 is 1.24 bits per heavy atom. The van der Waals surface area contributed by atoms with Crippen LogP contribution in [0.5, 0.6) is 0 Å². The van der Waals surface area contributed by atoms with E-state index in [0.717, 1.165) is 26.3 Å². The van der Waals surface area contributed by atoms with Gasteiger partial charge in [-0.1, -0.05) is 18.2 Å². The summed E-state index contributed by atoms with van der Waals surface area (Å²) < 4.78 is 5.35. The smallest absolute Gasteiger partial charge is 0.267 e. The molecule has 2 amide bonds. The van der Waals surface area contributed by atoms with Crippen molar-refractivity contribution in [2.75, 3.05) is 37.9 Å². The number of hydrogen-bond acceptors (Lipinski definition) is 5. The lowest BCUT2D eigenvalue weighted by Crippen LogP contribution is -2.48. The quantitative estimate of drug-likeness (QED) is 0.865. The molecule has 0 radical (unpaired) electrons. The van der Waals surface area contributed by atoms with Gasteiger partial charge in [0.25, 0.3) is 5.91 Å². The van der Waals surface area contributed by atoms with Gasteiger partial charge in [-0.2, -0.15) is 5.10 Å². The van der Waals surface area contributed by atoms with E-state index in [0.29, 0.717) is 30.8 Å². The number of ether oxygens (including phenoxy) is 1. The van der Waals surface area contributed by atoms with Gasteiger partial charge >= 0.3 is 0 Å². The lowest BCUT2D eigenvalue weighted by atomic mass is 10.1. The Kier molecular flexibility index (Phi) is 5.78. The normalized spacial score (nSPS) is 20.1. The molecule has 1 saturated heterocycles. The average Bonchev–Trinajstić information content (AvgIpc) is 2.67. The highest BCUT2D eigenvalue weighted by molar-refractivity contribution is 6.40. The van der Waals surface area contributed by atoms with Crippen LogP contribution < -0.4 is 10.3 Å². The Morgan fingerprint density at radius 3 is 2.68 bits per heavy atom. The van der Waals surface area contributed by atoms with Crippen LogP contribution in [0.15, 0.2) is 35.4 Å². The SMILES string of the molecule is CC(CNC(=O)C1=NN(c2ccccc2)C(=O)CC1)N1CCOCC1. The number of carbonyl (C=O) groups excluding carboxylic acids is 2. The van der Waals surface area contributed by atoms with Crippen molar-refractivity contribution >= 4 is 23.2 Å². The zero-order valence-electron chi connectivity index (χ0n) is 14.5. The second-order valence-corrected chi connectivity index (χ2v) is 6.30. The maximum atomic E-state index is 12.4. The number of nitrogens with one attached hydrogen (secondary N) is 1. The molecule has 0 spiro atoms. The first-order chi connectivity index (χ1) is 12.1.